The third kappa shape index (κ3) is 10.1. The zero-order valence-corrected chi connectivity index (χ0v) is 11.4. The van der Waals surface area contributed by atoms with Crippen LogP contribution < -0.4 is 5.73 Å². The summed E-state index contributed by atoms with van der Waals surface area (Å²) in [5.41, 5.74) is 5.80. The van der Waals surface area contributed by atoms with Gasteiger partial charge in [0, 0.05) is 12.5 Å². The maximum Gasteiger partial charge on any atom is 0.307 e. The molecule has 0 rings (SSSR count). The molecule has 5 nitrogen and oxygen atoms in total. The van der Waals surface area contributed by atoms with E-state index >= 15 is 0 Å². The van der Waals surface area contributed by atoms with Crippen molar-refractivity contribution in [1.82, 2.24) is 0 Å². The van der Waals surface area contributed by atoms with Gasteiger partial charge in [-0.05, 0) is 26.7 Å². The Balaban J connectivity index is 3.43. The minimum atomic E-state index is -0.239. The SMILES string of the molecule is CCOC(=O)CCCCCC(N)CC(=O)OCC. The quantitative estimate of drug-likeness (QED) is 0.478. The van der Waals surface area contributed by atoms with Gasteiger partial charge in [0.05, 0.1) is 19.6 Å². The van der Waals surface area contributed by atoms with Crippen LogP contribution in [0.4, 0.5) is 0 Å². The molecule has 0 aromatic carbocycles. The molecule has 0 aromatic heterocycles. The van der Waals surface area contributed by atoms with Crippen LogP contribution in [0.3, 0.4) is 0 Å². The zero-order valence-electron chi connectivity index (χ0n) is 11.4. The predicted octanol–water partition coefficient (Wildman–Crippen LogP) is 1.78. The zero-order chi connectivity index (χ0) is 13.8. The highest BCUT2D eigenvalue weighted by molar-refractivity contribution is 5.70. The summed E-state index contributed by atoms with van der Waals surface area (Å²) in [6, 6.07) is -0.147. The average molecular weight is 259 g/mol. The van der Waals surface area contributed by atoms with E-state index in [9.17, 15) is 9.59 Å². The molecule has 1 atom stereocenters. The molecule has 0 amide bonds. The van der Waals surface area contributed by atoms with Crippen LogP contribution >= 0.6 is 0 Å². The van der Waals surface area contributed by atoms with Gasteiger partial charge in [-0.2, -0.15) is 0 Å². The summed E-state index contributed by atoms with van der Waals surface area (Å²) in [4.78, 5) is 22.2. The van der Waals surface area contributed by atoms with E-state index in [1.807, 2.05) is 0 Å². The molecule has 0 aliphatic rings. The fourth-order valence-corrected chi connectivity index (χ4v) is 1.62. The van der Waals surface area contributed by atoms with Gasteiger partial charge in [0.15, 0.2) is 0 Å². The number of esters is 2. The molecule has 0 aromatic rings. The van der Waals surface area contributed by atoms with Gasteiger partial charge in [-0.3, -0.25) is 9.59 Å². The number of carbonyl (C=O) groups is 2. The first-order valence-electron chi connectivity index (χ1n) is 6.66. The summed E-state index contributed by atoms with van der Waals surface area (Å²) in [6.07, 6.45) is 4.16. The topological polar surface area (TPSA) is 78.6 Å². The van der Waals surface area contributed by atoms with Crippen molar-refractivity contribution in [2.45, 2.75) is 58.4 Å². The van der Waals surface area contributed by atoms with E-state index in [1.54, 1.807) is 13.8 Å². The molecule has 0 spiro atoms. The Kier molecular flexibility index (Phi) is 10.3. The van der Waals surface area contributed by atoms with E-state index in [2.05, 4.69) is 0 Å². The van der Waals surface area contributed by atoms with Crippen LogP contribution in [-0.2, 0) is 19.1 Å². The number of hydrogen-bond acceptors (Lipinski definition) is 5. The molecule has 0 aliphatic heterocycles. The third-order valence-electron chi connectivity index (χ3n) is 2.50. The van der Waals surface area contributed by atoms with Crippen LogP contribution in [0.5, 0.6) is 0 Å². The predicted molar refractivity (Wildman–Crippen MR) is 68.9 cm³/mol. The summed E-state index contributed by atoms with van der Waals surface area (Å²) in [6.45, 7) is 4.40. The van der Waals surface area contributed by atoms with Gasteiger partial charge in [0.25, 0.3) is 0 Å². The molecule has 106 valence electrons. The maximum atomic E-state index is 11.1. The van der Waals surface area contributed by atoms with Crippen molar-refractivity contribution >= 4 is 11.9 Å². The second-order valence-electron chi connectivity index (χ2n) is 4.17. The van der Waals surface area contributed by atoms with Crippen LogP contribution in [0.25, 0.3) is 0 Å². The van der Waals surface area contributed by atoms with Crippen molar-refractivity contribution < 1.29 is 19.1 Å². The van der Waals surface area contributed by atoms with Crippen molar-refractivity contribution in [1.29, 1.82) is 0 Å². The third-order valence-corrected chi connectivity index (χ3v) is 2.50. The van der Waals surface area contributed by atoms with Gasteiger partial charge in [-0.15, -0.1) is 0 Å². The fourth-order valence-electron chi connectivity index (χ4n) is 1.62. The lowest BCUT2D eigenvalue weighted by atomic mass is 10.1. The lowest BCUT2D eigenvalue weighted by Crippen LogP contribution is -2.24. The number of carbonyl (C=O) groups excluding carboxylic acids is 2. The molecule has 0 heterocycles. The smallest absolute Gasteiger partial charge is 0.307 e. The van der Waals surface area contributed by atoms with Gasteiger partial charge in [0.1, 0.15) is 0 Å². The summed E-state index contributed by atoms with van der Waals surface area (Å²) >= 11 is 0. The Hall–Kier alpha value is -1.10. The lowest BCUT2D eigenvalue weighted by Gasteiger charge is -2.10. The van der Waals surface area contributed by atoms with Crippen LogP contribution in [0.15, 0.2) is 0 Å². The van der Waals surface area contributed by atoms with E-state index in [1.165, 1.54) is 0 Å². The van der Waals surface area contributed by atoms with Crippen LogP contribution in [0.2, 0.25) is 0 Å². The Bertz CT molecular complexity index is 243. The molecule has 0 aliphatic carbocycles. The Morgan fingerprint density at radius 1 is 1.00 bits per heavy atom. The van der Waals surface area contributed by atoms with E-state index in [4.69, 9.17) is 15.2 Å². The summed E-state index contributed by atoms with van der Waals surface area (Å²) in [7, 11) is 0. The number of nitrogens with two attached hydrogens (primary N) is 1. The molecule has 0 fully saturated rings. The second kappa shape index (κ2) is 11.0. The van der Waals surface area contributed by atoms with Gasteiger partial charge in [-0.25, -0.2) is 0 Å². The minimum absolute atomic E-state index is 0.145. The normalized spacial score (nSPS) is 11.9. The Morgan fingerprint density at radius 2 is 1.61 bits per heavy atom. The fraction of sp³-hybridized carbons (Fsp3) is 0.846. The highest BCUT2D eigenvalue weighted by Gasteiger charge is 2.10. The molecular weight excluding hydrogens is 234 g/mol. The van der Waals surface area contributed by atoms with Crippen molar-refractivity contribution in [3.63, 3.8) is 0 Å². The van der Waals surface area contributed by atoms with Crippen LogP contribution in [0.1, 0.15) is 52.4 Å². The van der Waals surface area contributed by atoms with E-state index in [0.29, 0.717) is 19.6 Å². The lowest BCUT2D eigenvalue weighted by molar-refractivity contribution is -0.144. The minimum Gasteiger partial charge on any atom is -0.466 e. The largest absolute Gasteiger partial charge is 0.466 e. The Labute approximate surface area is 109 Å². The number of hydrogen-bond donors (Lipinski definition) is 1. The second-order valence-corrected chi connectivity index (χ2v) is 4.17. The first-order valence-corrected chi connectivity index (χ1v) is 6.66. The molecule has 5 heteroatoms. The van der Waals surface area contributed by atoms with Gasteiger partial charge >= 0.3 is 11.9 Å². The highest BCUT2D eigenvalue weighted by atomic mass is 16.5. The molecule has 18 heavy (non-hydrogen) atoms. The molecule has 0 radical (unpaired) electrons. The van der Waals surface area contributed by atoms with Gasteiger partial charge in [-0.1, -0.05) is 12.8 Å². The summed E-state index contributed by atoms with van der Waals surface area (Å²) in [5.74, 6) is -0.384. The molecule has 2 N–H and O–H groups in total. The first-order chi connectivity index (χ1) is 8.60. The maximum absolute atomic E-state index is 11.1. The molecular formula is C13H25NO4. The van der Waals surface area contributed by atoms with Crippen LogP contribution in [-0.4, -0.2) is 31.2 Å². The molecule has 0 saturated carbocycles. The van der Waals surface area contributed by atoms with Crippen LogP contribution in [0, 0.1) is 0 Å². The first kappa shape index (κ1) is 16.9. The number of ether oxygens (including phenoxy) is 2. The van der Waals surface area contributed by atoms with Crippen molar-refractivity contribution in [3.8, 4) is 0 Å². The van der Waals surface area contributed by atoms with Crippen molar-refractivity contribution in [2.75, 3.05) is 13.2 Å². The molecule has 0 saturated heterocycles. The molecule has 0 bridgehead atoms. The van der Waals surface area contributed by atoms with E-state index in [-0.39, 0.29) is 24.4 Å². The number of unbranched alkanes of at least 4 members (excludes halogenated alkanes) is 2. The highest BCUT2D eigenvalue weighted by Crippen LogP contribution is 2.08. The standard InChI is InChI=1S/C13H25NO4/c1-3-17-12(15)9-7-5-6-8-11(14)10-13(16)18-4-2/h11H,3-10,14H2,1-2H3. The Morgan fingerprint density at radius 3 is 2.22 bits per heavy atom. The average Bonchev–Trinajstić information content (AvgIpc) is 2.29. The molecule has 1 unspecified atom stereocenters. The number of rotatable bonds is 10. The monoisotopic (exact) mass is 259 g/mol. The van der Waals surface area contributed by atoms with E-state index < -0.39 is 0 Å². The van der Waals surface area contributed by atoms with Gasteiger partial charge < -0.3 is 15.2 Å². The van der Waals surface area contributed by atoms with Crippen molar-refractivity contribution in [3.05, 3.63) is 0 Å². The van der Waals surface area contributed by atoms with E-state index in [0.717, 1.165) is 25.7 Å². The van der Waals surface area contributed by atoms with Gasteiger partial charge in [0.2, 0.25) is 0 Å². The van der Waals surface area contributed by atoms with Crippen molar-refractivity contribution in [2.24, 2.45) is 5.73 Å². The summed E-state index contributed by atoms with van der Waals surface area (Å²) in [5, 5.41) is 0. The summed E-state index contributed by atoms with van der Waals surface area (Å²) < 4.78 is 9.64.